The van der Waals surface area contributed by atoms with E-state index in [1.165, 1.54) is 6.92 Å². The second-order valence-electron chi connectivity index (χ2n) is 4.05. The van der Waals surface area contributed by atoms with Crippen LogP contribution in [0.5, 0.6) is 0 Å². The fourth-order valence-electron chi connectivity index (χ4n) is 1.15. The van der Waals surface area contributed by atoms with E-state index in [0.717, 1.165) is 19.3 Å². The van der Waals surface area contributed by atoms with E-state index in [9.17, 15) is 9.36 Å². The van der Waals surface area contributed by atoms with Crippen molar-refractivity contribution in [2.75, 3.05) is 19.8 Å². The molecule has 0 fully saturated rings. The van der Waals surface area contributed by atoms with E-state index in [4.69, 9.17) is 13.8 Å². The lowest BCUT2D eigenvalue weighted by Gasteiger charge is -2.22. The average molecular weight is 280 g/mol. The highest BCUT2D eigenvalue weighted by Gasteiger charge is 2.38. The van der Waals surface area contributed by atoms with Crippen LogP contribution in [0, 0.1) is 0 Å². The summed E-state index contributed by atoms with van der Waals surface area (Å²) in [5, 5.41) is 0. The molecule has 0 spiro atoms. The van der Waals surface area contributed by atoms with Crippen LogP contribution in [-0.4, -0.2) is 31.4 Å². The van der Waals surface area contributed by atoms with Crippen molar-refractivity contribution in [2.45, 2.75) is 52.6 Å². The minimum absolute atomic E-state index is 0.312. The van der Waals surface area contributed by atoms with Crippen LogP contribution in [-0.2, 0) is 23.1 Å². The third-order valence-electron chi connectivity index (χ3n) is 2.21. The number of hydrogen-bond acceptors (Lipinski definition) is 5. The Morgan fingerprint density at radius 1 is 1.00 bits per heavy atom. The van der Waals surface area contributed by atoms with Crippen LogP contribution >= 0.6 is 7.60 Å². The fourth-order valence-corrected chi connectivity index (χ4v) is 2.88. The van der Waals surface area contributed by atoms with Gasteiger partial charge in [0, 0.05) is 0 Å². The lowest BCUT2D eigenvalue weighted by atomic mass is 10.5. The number of hydrogen-bond donors (Lipinski definition) is 0. The van der Waals surface area contributed by atoms with Crippen LogP contribution in [0.1, 0.15) is 47.0 Å². The Morgan fingerprint density at radius 2 is 1.44 bits per heavy atom. The first-order chi connectivity index (χ1) is 8.51. The minimum Gasteiger partial charge on any atom is -0.465 e. The number of ether oxygens (including phenoxy) is 1. The molecule has 0 rings (SSSR count). The molecular weight excluding hydrogens is 255 g/mol. The molecule has 1 unspecified atom stereocenters. The van der Waals surface area contributed by atoms with Gasteiger partial charge in [-0.05, 0) is 26.2 Å². The lowest BCUT2D eigenvalue weighted by molar-refractivity contribution is -0.143. The Balaban J connectivity index is 4.61. The minimum atomic E-state index is -3.41. The second-order valence-corrected chi connectivity index (χ2v) is 6.42. The van der Waals surface area contributed by atoms with Gasteiger partial charge in [0.05, 0.1) is 19.8 Å². The van der Waals surface area contributed by atoms with Crippen molar-refractivity contribution in [3.63, 3.8) is 0 Å². The molecule has 0 aliphatic carbocycles. The highest BCUT2D eigenvalue weighted by molar-refractivity contribution is 7.55. The summed E-state index contributed by atoms with van der Waals surface area (Å²) in [5.41, 5.74) is -0.873. The van der Waals surface area contributed by atoms with Gasteiger partial charge in [-0.2, -0.15) is 0 Å². The van der Waals surface area contributed by atoms with Crippen LogP contribution in [0.25, 0.3) is 0 Å². The van der Waals surface area contributed by atoms with Crippen molar-refractivity contribution in [1.29, 1.82) is 0 Å². The molecule has 0 bridgehead atoms. The molecule has 0 aliphatic heterocycles. The van der Waals surface area contributed by atoms with Crippen molar-refractivity contribution in [2.24, 2.45) is 0 Å². The quantitative estimate of drug-likeness (QED) is 0.453. The largest absolute Gasteiger partial charge is 0.465 e. The molecule has 0 radical (unpaired) electrons. The van der Waals surface area contributed by atoms with Gasteiger partial charge in [-0.15, -0.1) is 0 Å². The van der Waals surface area contributed by atoms with E-state index in [-0.39, 0.29) is 0 Å². The van der Waals surface area contributed by atoms with Gasteiger partial charge in [-0.1, -0.05) is 20.8 Å². The van der Waals surface area contributed by atoms with Gasteiger partial charge >= 0.3 is 13.6 Å². The summed E-state index contributed by atoms with van der Waals surface area (Å²) in [6, 6.07) is 0. The summed E-state index contributed by atoms with van der Waals surface area (Å²) in [6.45, 7) is 8.20. The van der Waals surface area contributed by atoms with Crippen LogP contribution in [0.3, 0.4) is 0 Å². The van der Waals surface area contributed by atoms with Crippen molar-refractivity contribution >= 4 is 13.6 Å². The lowest BCUT2D eigenvalue weighted by Crippen LogP contribution is -2.23. The van der Waals surface area contributed by atoms with Gasteiger partial charge in [0.25, 0.3) is 0 Å². The molecule has 0 heterocycles. The maximum atomic E-state index is 12.5. The first kappa shape index (κ1) is 17.6. The number of carbonyl (C=O) groups is 1. The molecule has 6 heteroatoms. The summed E-state index contributed by atoms with van der Waals surface area (Å²) in [7, 11) is -3.41. The summed E-state index contributed by atoms with van der Waals surface area (Å²) < 4.78 is 28.0. The van der Waals surface area contributed by atoms with E-state index >= 15 is 0 Å². The summed E-state index contributed by atoms with van der Waals surface area (Å²) in [4.78, 5) is 11.7. The summed E-state index contributed by atoms with van der Waals surface area (Å²) in [6.07, 6.45) is 2.17. The molecule has 0 aromatic heterocycles. The molecule has 1 atom stereocenters. The van der Waals surface area contributed by atoms with E-state index in [1.54, 1.807) is 0 Å². The van der Waals surface area contributed by atoms with Gasteiger partial charge in [0.1, 0.15) is 0 Å². The zero-order valence-electron chi connectivity index (χ0n) is 11.8. The third kappa shape index (κ3) is 5.98. The zero-order chi connectivity index (χ0) is 14.0. The Hall–Kier alpha value is -0.380. The topological polar surface area (TPSA) is 61.8 Å². The molecule has 0 aromatic rings. The van der Waals surface area contributed by atoms with Gasteiger partial charge in [0.2, 0.25) is 0 Å². The molecule has 18 heavy (non-hydrogen) atoms. The third-order valence-corrected chi connectivity index (χ3v) is 4.46. The second kappa shape index (κ2) is 9.54. The summed E-state index contributed by atoms with van der Waals surface area (Å²) >= 11 is 0. The standard InChI is InChI=1S/C12H25O5P/c1-5-8-15-12(13)11(4)18(14,16-9-6-2)17-10-7-3/h11H,5-10H2,1-4H3. The normalized spacial score (nSPS) is 13.3. The highest BCUT2D eigenvalue weighted by Crippen LogP contribution is 2.53. The first-order valence-electron chi connectivity index (χ1n) is 6.57. The highest BCUT2D eigenvalue weighted by atomic mass is 31.2. The fraction of sp³-hybridized carbons (Fsp3) is 0.917. The van der Waals surface area contributed by atoms with Crippen molar-refractivity contribution in [3.8, 4) is 0 Å². The monoisotopic (exact) mass is 280 g/mol. The van der Waals surface area contributed by atoms with Crippen LogP contribution in [0.4, 0.5) is 0 Å². The van der Waals surface area contributed by atoms with E-state index in [0.29, 0.717) is 19.8 Å². The maximum absolute atomic E-state index is 12.5. The molecule has 108 valence electrons. The van der Waals surface area contributed by atoms with Gasteiger partial charge < -0.3 is 13.8 Å². The van der Waals surface area contributed by atoms with E-state index in [2.05, 4.69) is 0 Å². The Bertz CT molecular complexity index is 268. The first-order valence-corrected chi connectivity index (χ1v) is 8.18. The number of carbonyl (C=O) groups excluding carboxylic acids is 1. The molecule has 0 saturated carbocycles. The molecule has 0 saturated heterocycles. The van der Waals surface area contributed by atoms with Crippen molar-refractivity contribution in [1.82, 2.24) is 0 Å². The van der Waals surface area contributed by atoms with Gasteiger partial charge in [0.15, 0.2) is 5.66 Å². The smallest absolute Gasteiger partial charge is 0.344 e. The predicted octanol–water partition coefficient (Wildman–Crippen LogP) is 3.37. The van der Waals surface area contributed by atoms with E-state index in [1.807, 2.05) is 20.8 Å². The maximum Gasteiger partial charge on any atom is 0.344 e. The van der Waals surface area contributed by atoms with Crippen molar-refractivity contribution in [3.05, 3.63) is 0 Å². The molecule has 0 N–H and O–H groups in total. The molecule has 0 aliphatic rings. The van der Waals surface area contributed by atoms with Crippen LogP contribution in [0.2, 0.25) is 0 Å². The number of rotatable bonds is 10. The number of esters is 1. The zero-order valence-corrected chi connectivity index (χ0v) is 12.7. The van der Waals surface area contributed by atoms with Crippen LogP contribution in [0.15, 0.2) is 0 Å². The summed E-state index contributed by atoms with van der Waals surface area (Å²) in [5.74, 6) is -0.521. The van der Waals surface area contributed by atoms with E-state index < -0.39 is 19.2 Å². The Kier molecular flexibility index (Phi) is 9.34. The Morgan fingerprint density at radius 3 is 1.83 bits per heavy atom. The van der Waals surface area contributed by atoms with Crippen molar-refractivity contribution < 1.29 is 23.1 Å². The van der Waals surface area contributed by atoms with Gasteiger partial charge in [-0.3, -0.25) is 9.36 Å². The average Bonchev–Trinajstić information content (AvgIpc) is 2.39. The predicted molar refractivity (Wildman–Crippen MR) is 70.8 cm³/mol. The SMILES string of the molecule is CCCOC(=O)C(C)P(=O)(OCCC)OCCC. The molecular formula is C12H25O5P. The molecule has 0 aromatic carbocycles. The Labute approximate surface area is 110 Å². The van der Waals surface area contributed by atoms with Crippen LogP contribution < -0.4 is 0 Å². The van der Waals surface area contributed by atoms with Gasteiger partial charge in [-0.25, -0.2) is 0 Å². The molecule has 0 amide bonds. The molecule has 5 nitrogen and oxygen atoms in total.